The molecule has 9 heteroatoms. The van der Waals surface area contributed by atoms with Gasteiger partial charge in [-0.3, -0.25) is 18.6 Å². The number of rotatable bonds is 15. The predicted octanol–water partition coefficient (Wildman–Crippen LogP) is 4.80. The lowest BCUT2D eigenvalue weighted by molar-refractivity contribution is -0.112. The van der Waals surface area contributed by atoms with Crippen LogP contribution in [0.3, 0.4) is 0 Å². The first-order valence-corrected chi connectivity index (χ1v) is 12.1. The van der Waals surface area contributed by atoms with E-state index in [1.54, 1.807) is 0 Å². The smallest absolute Gasteiger partial charge is 0.303 e. The molecule has 0 aliphatic rings. The fraction of sp³-hybridized carbons (Fsp3) is 0.875. The lowest BCUT2D eigenvalue weighted by Crippen LogP contribution is -2.18. The number of carbonyl (C=O) groups excluding carboxylic acids is 2. The molecule has 0 radical (unpaired) electrons. The molecule has 0 spiro atoms. The molecular weight excluding hydrogens is 383 g/mol. The van der Waals surface area contributed by atoms with Gasteiger partial charge in [0.25, 0.3) is 0 Å². The molecule has 1 unspecified atom stereocenters. The molecule has 0 aromatic heterocycles. The first-order valence-electron chi connectivity index (χ1n) is 8.72. The van der Waals surface area contributed by atoms with Gasteiger partial charge in [-0.2, -0.15) is 0 Å². The fourth-order valence-corrected chi connectivity index (χ4v) is 4.47. The number of hydrogen-bond acceptors (Lipinski definition) is 7. The highest BCUT2D eigenvalue weighted by Gasteiger charge is 2.24. The first-order chi connectivity index (χ1) is 11.8. The molecule has 0 saturated heterocycles. The number of carbonyl (C=O) groups is 2. The van der Waals surface area contributed by atoms with Crippen molar-refractivity contribution >= 4 is 41.6 Å². The van der Waals surface area contributed by atoms with Crippen molar-refractivity contribution in [2.75, 3.05) is 19.5 Å². The van der Waals surface area contributed by atoms with E-state index in [-0.39, 0.29) is 22.1 Å². The Bertz CT molecular complexity index is 433. The van der Waals surface area contributed by atoms with Crippen LogP contribution in [0.25, 0.3) is 0 Å². The Morgan fingerprint density at radius 3 is 2.12 bits per heavy atom. The van der Waals surface area contributed by atoms with Crippen molar-refractivity contribution in [1.82, 2.24) is 0 Å². The van der Waals surface area contributed by atoms with Gasteiger partial charge in [0.15, 0.2) is 10.2 Å². The minimum atomic E-state index is -4.08. The summed E-state index contributed by atoms with van der Waals surface area (Å²) in [7, 11) is -3.00. The number of unbranched alkanes of at least 4 members (excludes halogenated alkanes) is 4. The van der Waals surface area contributed by atoms with E-state index in [1.807, 2.05) is 0 Å². The van der Waals surface area contributed by atoms with Crippen LogP contribution >= 0.6 is 31.3 Å². The van der Waals surface area contributed by atoms with Gasteiger partial charge in [0, 0.05) is 31.0 Å². The Labute approximate surface area is 159 Å². The summed E-state index contributed by atoms with van der Waals surface area (Å²) >= 11 is 2.25. The van der Waals surface area contributed by atoms with Crippen molar-refractivity contribution in [3.8, 4) is 0 Å². The summed E-state index contributed by atoms with van der Waals surface area (Å²) in [4.78, 5) is 33.2. The predicted molar refractivity (Wildman–Crippen MR) is 105 cm³/mol. The van der Waals surface area contributed by atoms with Crippen molar-refractivity contribution in [2.24, 2.45) is 0 Å². The lowest BCUT2D eigenvalue weighted by Gasteiger charge is -2.17. The second-order valence-corrected chi connectivity index (χ2v) is 9.65. The van der Waals surface area contributed by atoms with Crippen molar-refractivity contribution < 1.29 is 28.1 Å². The van der Waals surface area contributed by atoms with E-state index >= 15 is 0 Å². The van der Waals surface area contributed by atoms with E-state index in [0.29, 0.717) is 18.6 Å². The second-order valence-electron chi connectivity index (χ2n) is 5.66. The summed E-state index contributed by atoms with van der Waals surface area (Å²) < 4.78 is 20.7. The Balaban J connectivity index is 4.43. The first kappa shape index (κ1) is 25.1. The third-order valence-corrected chi connectivity index (χ3v) is 6.70. The molecule has 0 aromatic rings. The minimum Gasteiger partial charge on any atom is -0.303 e. The van der Waals surface area contributed by atoms with Gasteiger partial charge < -0.3 is 4.89 Å². The van der Waals surface area contributed by atoms with Crippen LogP contribution in [0.15, 0.2) is 0 Å². The molecule has 2 atom stereocenters. The summed E-state index contributed by atoms with van der Waals surface area (Å²) in [6.45, 7) is 4.04. The fourth-order valence-electron chi connectivity index (χ4n) is 1.89. The van der Waals surface area contributed by atoms with Crippen molar-refractivity contribution in [2.45, 2.75) is 70.5 Å². The molecule has 0 amide bonds. The Morgan fingerprint density at radius 2 is 1.60 bits per heavy atom. The van der Waals surface area contributed by atoms with Crippen LogP contribution in [-0.4, -0.2) is 39.8 Å². The van der Waals surface area contributed by atoms with Gasteiger partial charge in [-0.05, 0) is 12.8 Å². The zero-order valence-electron chi connectivity index (χ0n) is 15.4. The van der Waals surface area contributed by atoms with Crippen molar-refractivity contribution in [3.05, 3.63) is 0 Å². The third kappa shape index (κ3) is 15.0. The maximum Gasteiger partial charge on any atom is 0.471 e. The summed E-state index contributed by atoms with van der Waals surface area (Å²) in [5.41, 5.74) is 0. The Hall–Kier alpha value is 0.150. The van der Waals surface area contributed by atoms with Gasteiger partial charge in [-0.25, -0.2) is 4.57 Å². The Kier molecular flexibility index (Phi) is 15.3. The molecule has 0 bridgehead atoms. The maximum atomic E-state index is 12.0. The van der Waals surface area contributed by atoms with Gasteiger partial charge in [0.05, 0.1) is 6.61 Å². The Morgan fingerprint density at radius 1 is 1.04 bits per heavy atom. The number of thioether (sulfide) groups is 2. The lowest BCUT2D eigenvalue weighted by atomic mass is 10.2. The van der Waals surface area contributed by atoms with Crippen molar-refractivity contribution in [3.63, 3.8) is 0 Å². The molecule has 0 aliphatic heterocycles. The third-order valence-electron chi connectivity index (χ3n) is 3.35. The molecule has 1 N–H and O–H groups in total. The van der Waals surface area contributed by atoms with E-state index in [4.69, 9.17) is 4.52 Å². The molecule has 0 aliphatic carbocycles. The maximum absolute atomic E-state index is 12.0. The average molecular weight is 415 g/mol. The normalized spacial score (nSPS) is 14.9. The van der Waals surface area contributed by atoms with E-state index < -0.39 is 7.82 Å². The molecule has 6 nitrogen and oxygen atoms in total. The number of phosphoric acid groups is 1. The summed E-state index contributed by atoms with van der Waals surface area (Å²) in [5, 5.41) is -0.257. The molecule has 148 valence electrons. The van der Waals surface area contributed by atoms with Crippen LogP contribution < -0.4 is 0 Å². The SMILES string of the molecule is CCCCCC(=O)SC[C@H](COP(=O)(O)OC)SC(=O)CCCCC. The molecule has 0 heterocycles. The largest absolute Gasteiger partial charge is 0.471 e. The summed E-state index contributed by atoms with van der Waals surface area (Å²) in [5.74, 6) is 0.374. The summed E-state index contributed by atoms with van der Waals surface area (Å²) in [6.07, 6.45) is 6.77. The van der Waals surface area contributed by atoms with E-state index in [2.05, 4.69) is 18.4 Å². The van der Waals surface area contributed by atoms with Crippen LogP contribution in [0.1, 0.15) is 65.2 Å². The van der Waals surface area contributed by atoms with Crippen LogP contribution in [-0.2, 0) is 23.2 Å². The minimum absolute atomic E-state index is 0.0197. The highest BCUT2D eigenvalue weighted by atomic mass is 32.2. The topological polar surface area (TPSA) is 89.9 Å². The molecule has 0 saturated carbocycles. The van der Waals surface area contributed by atoms with Crippen LogP contribution in [0.2, 0.25) is 0 Å². The zero-order valence-corrected chi connectivity index (χ0v) is 17.9. The monoisotopic (exact) mass is 414 g/mol. The van der Waals surface area contributed by atoms with Crippen LogP contribution in [0.4, 0.5) is 0 Å². The van der Waals surface area contributed by atoms with Gasteiger partial charge in [-0.15, -0.1) is 0 Å². The van der Waals surface area contributed by atoms with E-state index in [0.717, 1.165) is 69.2 Å². The molecule has 25 heavy (non-hydrogen) atoms. The van der Waals surface area contributed by atoms with Gasteiger partial charge in [-0.1, -0.05) is 63.1 Å². The molecule has 0 rings (SSSR count). The molecule has 0 aromatic carbocycles. The molecule has 0 fully saturated rings. The van der Waals surface area contributed by atoms with E-state index in [1.165, 1.54) is 0 Å². The summed E-state index contributed by atoms with van der Waals surface area (Å²) in [6, 6.07) is 0. The highest BCUT2D eigenvalue weighted by molar-refractivity contribution is 8.17. The highest BCUT2D eigenvalue weighted by Crippen LogP contribution is 2.42. The van der Waals surface area contributed by atoms with Crippen LogP contribution in [0.5, 0.6) is 0 Å². The average Bonchev–Trinajstić information content (AvgIpc) is 2.58. The number of hydrogen-bond donors (Lipinski definition) is 1. The quantitative estimate of drug-likeness (QED) is 0.302. The standard InChI is InChI=1S/C16H31O6PS2/c1-4-6-8-10-15(17)24-13-14(12-22-23(19,20)21-3)25-16(18)11-9-7-5-2/h14H,4-13H2,1-3H3,(H,19,20)/t14-/m0/s1. The second kappa shape index (κ2) is 15.2. The van der Waals surface area contributed by atoms with E-state index in [9.17, 15) is 19.0 Å². The zero-order chi connectivity index (χ0) is 19.1. The van der Waals surface area contributed by atoms with Gasteiger partial charge >= 0.3 is 7.82 Å². The van der Waals surface area contributed by atoms with Gasteiger partial charge in [0.1, 0.15) is 0 Å². The number of phosphoric ester groups is 1. The molecular formula is C16H31O6PS2. The van der Waals surface area contributed by atoms with Crippen molar-refractivity contribution in [1.29, 1.82) is 0 Å². The van der Waals surface area contributed by atoms with Crippen LogP contribution in [0, 0.1) is 0 Å². The van der Waals surface area contributed by atoms with Gasteiger partial charge in [0.2, 0.25) is 0 Å².